The van der Waals surface area contributed by atoms with E-state index in [0.29, 0.717) is 12.1 Å². The Morgan fingerprint density at radius 3 is 2.21 bits per heavy atom. The van der Waals surface area contributed by atoms with Crippen LogP contribution in [0.25, 0.3) is 6.08 Å². The van der Waals surface area contributed by atoms with E-state index in [2.05, 4.69) is 0 Å². The number of non-ortho nitro benzene ring substituents is 1. The Hall–Kier alpha value is -3.20. The highest BCUT2D eigenvalue weighted by Gasteiger charge is 2.15. The van der Waals surface area contributed by atoms with E-state index >= 15 is 0 Å². The zero-order valence-electron chi connectivity index (χ0n) is 16.3. The molecule has 0 aliphatic carbocycles. The van der Waals surface area contributed by atoms with Crippen molar-refractivity contribution in [2.75, 3.05) is 6.26 Å². The Morgan fingerprint density at radius 2 is 1.72 bits per heavy atom. The van der Waals surface area contributed by atoms with Crippen LogP contribution in [0, 0.1) is 10.1 Å². The number of benzene rings is 2. The molecular formula is C20H22N2O6S. The molecule has 2 aromatic carbocycles. The first-order valence-electron chi connectivity index (χ1n) is 8.76. The normalized spacial score (nSPS) is 11.6. The van der Waals surface area contributed by atoms with Crippen molar-refractivity contribution in [1.29, 1.82) is 0 Å². The van der Waals surface area contributed by atoms with Crippen LogP contribution in [0.15, 0.2) is 54.6 Å². The lowest BCUT2D eigenvalue weighted by Crippen LogP contribution is -2.35. The fourth-order valence-corrected chi connectivity index (χ4v) is 2.97. The second-order valence-corrected chi connectivity index (χ2v) is 8.25. The van der Waals surface area contributed by atoms with Gasteiger partial charge in [0.15, 0.2) is 0 Å². The van der Waals surface area contributed by atoms with Gasteiger partial charge in [0, 0.05) is 30.8 Å². The summed E-state index contributed by atoms with van der Waals surface area (Å²) in [5, 5.41) is 10.7. The molecule has 0 atom stereocenters. The number of carbonyl (C=O) groups is 1. The van der Waals surface area contributed by atoms with Gasteiger partial charge in [-0.15, -0.1) is 0 Å². The molecule has 8 nitrogen and oxygen atoms in total. The Labute approximate surface area is 169 Å². The molecule has 2 rings (SSSR count). The first-order valence-corrected chi connectivity index (χ1v) is 10.6. The van der Waals surface area contributed by atoms with Crippen LogP contribution in [-0.2, 0) is 21.5 Å². The van der Waals surface area contributed by atoms with Gasteiger partial charge in [-0.05, 0) is 55.3 Å². The number of hydrogen-bond donors (Lipinski definition) is 0. The summed E-state index contributed by atoms with van der Waals surface area (Å²) in [6.07, 6.45) is 3.99. The molecule has 0 unspecified atom stereocenters. The third-order valence-corrected chi connectivity index (χ3v) is 4.45. The minimum Gasteiger partial charge on any atom is -0.383 e. The minimum absolute atomic E-state index is 0.0133. The summed E-state index contributed by atoms with van der Waals surface area (Å²) in [6, 6.07) is 12.3. The molecule has 0 spiro atoms. The van der Waals surface area contributed by atoms with E-state index in [9.17, 15) is 23.3 Å². The van der Waals surface area contributed by atoms with E-state index in [1.807, 2.05) is 13.8 Å². The van der Waals surface area contributed by atoms with Crippen molar-refractivity contribution < 1.29 is 22.3 Å². The van der Waals surface area contributed by atoms with Gasteiger partial charge >= 0.3 is 10.1 Å². The molecule has 1 amide bonds. The molecule has 154 valence electrons. The largest absolute Gasteiger partial charge is 0.383 e. The maximum Gasteiger partial charge on any atom is 0.306 e. The van der Waals surface area contributed by atoms with Gasteiger partial charge in [0.1, 0.15) is 5.75 Å². The number of nitro groups is 1. The predicted molar refractivity (Wildman–Crippen MR) is 110 cm³/mol. The minimum atomic E-state index is -3.59. The van der Waals surface area contributed by atoms with Gasteiger partial charge in [-0.2, -0.15) is 8.42 Å². The van der Waals surface area contributed by atoms with Crippen molar-refractivity contribution in [3.05, 3.63) is 75.8 Å². The summed E-state index contributed by atoms with van der Waals surface area (Å²) in [5.41, 5.74) is 1.48. The van der Waals surface area contributed by atoms with Crippen LogP contribution in [0.1, 0.15) is 25.0 Å². The molecule has 29 heavy (non-hydrogen) atoms. The van der Waals surface area contributed by atoms with Crippen LogP contribution in [0.3, 0.4) is 0 Å². The van der Waals surface area contributed by atoms with Crippen LogP contribution in [0.2, 0.25) is 0 Å². The van der Waals surface area contributed by atoms with Crippen molar-refractivity contribution in [3.8, 4) is 5.75 Å². The summed E-state index contributed by atoms with van der Waals surface area (Å²) in [6.45, 7) is 4.11. The highest BCUT2D eigenvalue weighted by molar-refractivity contribution is 7.86. The molecule has 0 aliphatic rings. The molecule has 0 fully saturated rings. The molecule has 0 saturated heterocycles. The first-order chi connectivity index (χ1) is 13.5. The number of nitro benzene ring substituents is 1. The van der Waals surface area contributed by atoms with Crippen molar-refractivity contribution in [2.24, 2.45) is 0 Å². The van der Waals surface area contributed by atoms with Crippen molar-refractivity contribution in [1.82, 2.24) is 4.90 Å². The summed E-state index contributed by atoms with van der Waals surface area (Å²) in [7, 11) is -3.59. The molecule has 0 bridgehead atoms. The zero-order valence-corrected chi connectivity index (χ0v) is 17.1. The fourth-order valence-electron chi connectivity index (χ4n) is 2.51. The van der Waals surface area contributed by atoms with Gasteiger partial charge in [0.2, 0.25) is 5.91 Å². The summed E-state index contributed by atoms with van der Waals surface area (Å²) in [5.74, 6) is -0.00782. The van der Waals surface area contributed by atoms with Gasteiger partial charge in [-0.3, -0.25) is 14.9 Å². The van der Waals surface area contributed by atoms with Gasteiger partial charge in [0.25, 0.3) is 5.69 Å². The lowest BCUT2D eigenvalue weighted by atomic mass is 10.1. The fraction of sp³-hybridized carbons (Fsp3) is 0.250. The van der Waals surface area contributed by atoms with Crippen molar-refractivity contribution >= 4 is 27.8 Å². The average Bonchev–Trinajstić information content (AvgIpc) is 2.64. The van der Waals surface area contributed by atoms with Gasteiger partial charge < -0.3 is 9.08 Å². The van der Waals surface area contributed by atoms with E-state index in [1.54, 1.807) is 35.2 Å². The Morgan fingerprint density at radius 1 is 1.14 bits per heavy atom. The standard InChI is InChI=1S/C20H22N2O6S/c1-15(2)21(14-17-6-11-19(12-7-17)28-29(3,26)27)20(23)13-8-16-4-9-18(10-5-16)22(24)25/h4-13,15H,14H2,1-3H3. The average molecular weight is 418 g/mol. The van der Waals surface area contributed by atoms with E-state index in [0.717, 1.165) is 11.8 Å². The first kappa shape index (κ1) is 22.1. The highest BCUT2D eigenvalue weighted by Crippen LogP contribution is 2.17. The second kappa shape index (κ2) is 9.33. The van der Waals surface area contributed by atoms with Crippen LogP contribution >= 0.6 is 0 Å². The molecule has 2 aromatic rings. The smallest absolute Gasteiger partial charge is 0.306 e. The molecule has 0 heterocycles. The molecule has 0 N–H and O–H groups in total. The number of carbonyl (C=O) groups excluding carboxylic acids is 1. The van der Waals surface area contributed by atoms with Crippen molar-refractivity contribution in [3.63, 3.8) is 0 Å². The van der Waals surface area contributed by atoms with Crippen LogP contribution in [0.4, 0.5) is 5.69 Å². The number of nitrogens with zero attached hydrogens (tertiary/aromatic N) is 2. The Kier molecular flexibility index (Phi) is 7.11. The highest BCUT2D eigenvalue weighted by atomic mass is 32.2. The predicted octanol–water partition coefficient (Wildman–Crippen LogP) is 3.38. The van der Waals surface area contributed by atoms with Crippen LogP contribution in [0.5, 0.6) is 5.75 Å². The number of amides is 1. The van der Waals surface area contributed by atoms with E-state index in [4.69, 9.17) is 4.18 Å². The molecule has 0 radical (unpaired) electrons. The molecular weight excluding hydrogens is 396 g/mol. The quantitative estimate of drug-likeness (QED) is 0.281. The molecule has 0 saturated carbocycles. The Bertz CT molecular complexity index is 996. The summed E-state index contributed by atoms with van der Waals surface area (Å²) >= 11 is 0. The van der Waals surface area contributed by atoms with Crippen LogP contribution in [-0.4, -0.2) is 36.4 Å². The maximum absolute atomic E-state index is 12.6. The topological polar surface area (TPSA) is 107 Å². The van der Waals surface area contributed by atoms with E-state index < -0.39 is 15.0 Å². The SMILES string of the molecule is CC(C)N(Cc1ccc(OS(C)(=O)=O)cc1)C(=O)C=Cc1ccc([N+](=O)[O-])cc1. The number of hydrogen-bond acceptors (Lipinski definition) is 6. The van der Waals surface area contributed by atoms with Gasteiger partial charge in [0.05, 0.1) is 11.2 Å². The molecule has 9 heteroatoms. The third-order valence-electron chi connectivity index (χ3n) is 3.95. The second-order valence-electron chi connectivity index (χ2n) is 6.67. The van der Waals surface area contributed by atoms with Crippen molar-refractivity contribution in [2.45, 2.75) is 26.4 Å². The molecule has 0 aliphatic heterocycles. The lowest BCUT2D eigenvalue weighted by Gasteiger charge is -2.25. The monoisotopic (exact) mass is 418 g/mol. The lowest BCUT2D eigenvalue weighted by molar-refractivity contribution is -0.384. The van der Waals surface area contributed by atoms with E-state index in [-0.39, 0.29) is 23.4 Å². The third kappa shape index (κ3) is 7.04. The molecule has 0 aromatic heterocycles. The van der Waals surface area contributed by atoms with E-state index in [1.165, 1.54) is 30.3 Å². The maximum atomic E-state index is 12.6. The summed E-state index contributed by atoms with van der Waals surface area (Å²) < 4.78 is 27.1. The Balaban J connectivity index is 2.08. The zero-order chi connectivity index (χ0) is 21.6. The summed E-state index contributed by atoms with van der Waals surface area (Å²) in [4.78, 5) is 24.5. The van der Waals surface area contributed by atoms with Gasteiger partial charge in [-0.25, -0.2) is 0 Å². The van der Waals surface area contributed by atoms with Crippen LogP contribution < -0.4 is 4.18 Å². The number of rotatable bonds is 8. The van der Waals surface area contributed by atoms with Gasteiger partial charge in [-0.1, -0.05) is 12.1 Å².